The summed E-state index contributed by atoms with van der Waals surface area (Å²) < 4.78 is 0. The number of piperidine rings is 3. The van der Waals surface area contributed by atoms with E-state index in [2.05, 4.69) is 38.8 Å². The highest BCUT2D eigenvalue weighted by molar-refractivity contribution is 7.13. The van der Waals surface area contributed by atoms with E-state index in [0.717, 1.165) is 36.6 Å². The molecule has 0 spiro atoms. The number of carbonyl (C=O) groups excluding carboxylic acids is 1. The Hall–Kier alpha value is -2.57. The molecule has 5 heterocycles. The molecule has 5 nitrogen and oxygen atoms in total. The first-order valence-electron chi connectivity index (χ1n) is 11.0. The summed E-state index contributed by atoms with van der Waals surface area (Å²) in [5.41, 5.74) is 4.11. The van der Waals surface area contributed by atoms with Crippen LogP contribution >= 0.6 is 11.3 Å². The number of hydrogen-bond acceptors (Lipinski definition) is 5. The van der Waals surface area contributed by atoms with Crippen LogP contribution in [0.2, 0.25) is 0 Å². The van der Waals surface area contributed by atoms with Crippen LogP contribution in [0, 0.1) is 19.8 Å². The van der Waals surface area contributed by atoms with Crippen molar-refractivity contribution in [3.05, 3.63) is 70.5 Å². The van der Waals surface area contributed by atoms with Crippen molar-refractivity contribution in [3.8, 4) is 10.6 Å². The van der Waals surface area contributed by atoms with Crippen LogP contribution in [0.3, 0.4) is 0 Å². The maximum Gasteiger partial charge on any atom is 0.251 e. The molecule has 2 aromatic heterocycles. The quantitative estimate of drug-likeness (QED) is 0.648. The predicted molar refractivity (Wildman–Crippen MR) is 124 cm³/mol. The normalized spacial score (nSPS) is 24.8. The van der Waals surface area contributed by atoms with E-state index < -0.39 is 0 Å². The van der Waals surface area contributed by atoms with E-state index in [1.807, 2.05) is 38.1 Å². The van der Waals surface area contributed by atoms with Crippen LogP contribution in [0.1, 0.15) is 46.2 Å². The summed E-state index contributed by atoms with van der Waals surface area (Å²) in [4.78, 5) is 25.8. The van der Waals surface area contributed by atoms with Gasteiger partial charge in [0.15, 0.2) is 0 Å². The van der Waals surface area contributed by atoms with Gasteiger partial charge in [0.25, 0.3) is 5.91 Å². The summed E-state index contributed by atoms with van der Waals surface area (Å²) >= 11 is 1.72. The molecular formula is C25H28N4OS. The first-order valence-corrected chi connectivity index (χ1v) is 11.9. The number of nitrogens with one attached hydrogen (secondary N) is 1. The van der Waals surface area contributed by atoms with Crippen molar-refractivity contribution in [1.82, 2.24) is 20.2 Å². The third kappa shape index (κ3) is 4.27. The molecule has 3 aromatic rings. The van der Waals surface area contributed by atoms with Gasteiger partial charge in [-0.1, -0.05) is 23.8 Å². The molecule has 6 rings (SSSR count). The first-order chi connectivity index (χ1) is 15.1. The van der Waals surface area contributed by atoms with Crippen LogP contribution in [0.5, 0.6) is 0 Å². The monoisotopic (exact) mass is 432 g/mol. The highest BCUT2D eigenvalue weighted by Gasteiger charge is 2.41. The molecular weight excluding hydrogens is 404 g/mol. The van der Waals surface area contributed by atoms with Crippen molar-refractivity contribution < 1.29 is 4.79 Å². The number of aryl methyl sites for hydroxylation is 2. The van der Waals surface area contributed by atoms with Gasteiger partial charge in [0.05, 0.1) is 10.6 Å². The molecule has 3 aliphatic heterocycles. The molecule has 3 aliphatic rings. The molecule has 3 saturated heterocycles. The van der Waals surface area contributed by atoms with Gasteiger partial charge in [-0.15, -0.1) is 11.3 Å². The van der Waals surface area contributed by atoms with Crippen LogP contribution in [0.15, 0.2) is 47.8 Å². The molecule has 1 aromatic carbocycles. The molecule has 2 bridgehead atoms. The zero-order valence-electron chi connectivity index (χ0n) is 18.0. The number of amides is 1. The summed E-state index contributed by atoms with van der Waals surface area (Å²) in [7, 11) is 0. The lowest BCUT2D eigenvalue weighted by Crippen LogP contribution is -2.56. The second kappa shape index (κ2) is 8.52. The van der Waals surface area contributed by atoms with E-state index in [4.69, 9.17) is 4.98 Å². The fourth-order valence-electron chi connectivity index (χ4n) is 5.03. The number of benzene rings is 1. The summed E-state index contributed by atoms with van der Waals surface area (Å²) in [6, 6.07) is 14.6. The molecule has 160 valence electrons. The van der Waals surface area contributed by atoms with Gasteiger partial charge in [-0.2, -0.15) is 0 Å². The summed E-state index contributed by atoms with van der Waals surface area (Å²) in [5.74, 6) is 1.92. The Kier molecular flexibility index (Phi) is 5.59. The van der Waals surface area contributed by atoms with Gasteiger partial charge in [-0.05, 0) is 68.8 Å². The summed E-state index contributed by atoms with van der Waals surface area (Å²) in [6.45, 7) is 6.85. The fraction of sp³-hybridized carbons (Fsp3) is 0.400. The third-order valence-corrected chi connectivity index (χ3v) is 7.59. The Morgan fingerprint density at radius 2 is 2.03 bits per heavy atom. The lowest BCUT2D eigenvalue weighted by atomic mass is 9.74. The molecule has 0 saturated carbocycles. The number of hydrogen-bond donors (Lipinski definition) is 1. The predicted octanol–water partition coefficient (Wildman–Crippen LogP) is 4.43. The number of nitrogens with zero attached hydrogens (tertiary/aromatic N) is 3. The van der Waals surface area contributed by atoms with Gasteiger partial charge in [0, 0.05) is 36.3 Å². The van der Waals surface area contributed by atoms with Gasteiger partial charge in [0.2, 0.25) is 0 Å². The van der Waals surface area contributed by atoms with Crippen LogP contribution < -0.4 is 5.32 Å². The summed E-state index contributed by atoms with van der Waals surface area (Å²) in [6.07, 6.45) is 2.31. The molecule has 0 radical (unpaired) electrons. The van der Waals surface area contributed by atoms with Gasteiger partial charge in [-0.25, -0.2) is 9.97 Å². The SMILES string of the molecule is Cc1ccc(C(=O)NC[C@H]2C[C@@H]3CCN2C[C@@H]3c2cc(-c3cccs3)nc(C)n2)cc1. The fourth-order valence-corrected chi connectivity index (χ4v) is 5.72. The standard InChI is InChI=1S/C25H28N4OS/c1-16-5-7-18(8-6-16)25(30)26-14-20-12-19-9-10-29(20)15-21(19)22-13-23(28-17(2)27-22)24-4-3-11-31-24/h3-8,11,13,19-21H,9-10,12,14-15H2,1-2H3,(H,26,30)/t19-,20+,21-/m0/s1. The molecule has 1 unspecified atom stereocenters. The zero-order chi connectivity index (χ0) is 21.4. The van der Waals surface area contributed by atoms with Crippen molar-refractivity contribution in [2.75, 3.05) is 19.6 Å². The van der Waals surface area contributed by atoms with Crippen LogP contribution in [-0.4, -0.2) is 46.5 Å². The summed E-state index contributed by atoms with van der Waals surface area (Å²) in [5, 5.41) is 5.25. The first kappa shape index (κ1) is 20.3. The lowest BCUT2D eigenvalue weighted by molar-refractivity contribution is 0.0290. The minimum Gasteiger partial charge on any atom is -0.350 e. The Morgan fingerprint density at radius 3 is 2.74 bits per heavy atom. The van der Waals surface area contributed by atoms with Gasteiger partial charge >= 0.3 is 0 Å². The van der Waals surface area contributed by atoms with E-state index >= 15 is 0 Å². The Balaban J connectivity index is 1.26. The molecule has 31 heavy (non-hydrogen) atoms. The van der Waals surface area contributed by atoms with E-state index in [1.54, 1.807) is 11.3 Å². The van der Waals surface area contributed by atoms with Crippen molar-refractivity contribution >= 4 is 17.2 Å². The third-order valence-electron chi connectivity index (χ3n) is 6.70. The van der Waals surface area contributed by atoms with E-state index in [9.17, 15) is 4.79 Å². The number of rotatable bonds is 5. The molecule has 1 N–H and O–H groups in total. The molecule has 4 atom stereocenters. The molecule has 3 fully saturated rings. The maximum absolute atomic E-state index is 12.5. The zero-order valence-corrected chi connectivity index (χ0v) is 18.9. The van der Waals surface area contributed by atoms with Gasteiger partial charge < -0.3 is 5.32 Å². The smallest absolute Gasteiger partial charge is 0.251 e. The van der Waals surface area contributed by atoms with Crippen molar-refractivity contribution in [2.45, 2.75) is 38.6 Å². The van der Waals surface area contributed by atoms with Crippen molar-refractivity contribution in [1.29, 1.82) is 0 Å². The van der Waals surface area contributed by atoms with Crippen LogP contribution in [0.4, 0.5) is 0 Å². The van der Waals surface area contributed by atoms with Gasteiger partial charge in [-0.3, -0.25) is 9.69 Å². The average Bonchev–Trinajstić information content (AvgIpc) is 3.33. The van der Waals surface area contributed by atoms with Crippen molar-refractivity contribution in [2.24, 2.45) is 5.92 Å². The Bertz CT molecular complexity index is 1060. The number of fused-ring (bicyclic) bond motifs is 3. The topological polar surface area (TPSA) is 58.1 Å². The Labute approximate surface area is 187 Å². The average molecular weight is 433 g/mol. The highest BCUT2D eigenvalue weighted by atomic mass is 32.1. The number of carbonyl (C=O) groups is 1. The largest absolute Gasteiger partial charge is 0.350 e. The van der Waals surface area contributed by atoms with Crippen molar-refractivity contribution in [3.63, 3.8) is 0 Å². The van der Waals surface area contributed by atoms with Crippen LogP contribution in [-0.2, 0) is 0 Å². The Morgan fingerprint density at radius 1 is 1.19 bits per heavy atom. The van der Waals surface area contributed by atoms with E-state index in [-0.39, 0.29) is 5.91 Å². The van der Waals surface area contributed by atoms with Crippen LogP contribution in [0.25, 0.3) is 10.6 Å². The number of aromatic nitrogens is 2. The molecule has 1 amide bonds. The minimum atomic E-state index is 0.0196. The van der Waals surface area contributed by atoms with Gasteiger partial charge in [0.1, 0.15) is 5.82 Å². The molecule has 6 heteroatoms. The lowest BCUT2D eigenvalue weighted by Gasteiger charge is -2.49. The second-order valence-electron chi connectivity index (χ2n) is 8.82. The second-order valence-corrected chi connectivity index (χ2v) is 9.77. The number of thiophene rings is 1. The van der Waals surface area contributed by atoms with E-state index in [1.165, 1.54) is 22.6 Å². The maximum atomic E-state index is 12.5. The van der Waals surface area contributed by atoms with E-state index in [0.29, 0.717) is 24.4 Å². The minimum absolute atomic E-state index is 0.0196. The molecule has 0 aliphatic carbocycles. The highest BCUT2D eigenvalue weighted by Crippen LogP contribution is 2.41.